The Hall–Kier alpha value is -1.06. The van der Waals surface area contributed by atoms with Crippen LogP contribution in [0.5, 0.6) is 0 Å². The highest BCUT2D eigenvalue weighted by Crippen LogP contribution is 2.26. The van der Waals surface area contributed by atoms with Gasteiger partial charge < -0.3 is 10.0 Å². The molecule has 0 heterocycles. The first-order valence-corrected chi connectivity index (χ1v) is 6.86. The van der Waals surface area contributed by atoms with Crippen LogP contribution < -0.4 is 0 Å². The second kappa shape index (κ2) is 6.21. The van der Waals surface area contributed by atoms with E-state index in [1.54, 1.807) is 11.0 Å². The summed E-state index contributed by atoms with van der Waals surface area (Å²) in [5, 5.41) is 9.09. The third kappa shape index (κ3) is 2.85. The third-order valence-electron chi connectivity index (χ3n) is 3.45. The summed E-state index contributed by atoms with van der Waals surface area (Å²) in [4.78, 5) is 14.2. The summed E-state index contributed by atoms with van der Waals surface area (Å²) in [6.07, 6.45) is 3.25. The van der Waals surface area contributed by atoms with Gasteiger partial charge in [0.2, 0.25) is 0 Å². The van der Waals surface area contributed by atoms with E-state index in [1.807, 2.05) is 18.2 Å². The molecule has 1 aromatic rings. The lowest BCUT2D eigenvalue weighted by Gasteiger charge is -2.37. The molecule has 0 radical (unpaired) electrons. The van der Waals surface area contributed by atoms with E-state index in [2.05, 4.69) is 0 Å². The monoisotopic (exact) mass is 267 g/mol. The number of carbonyl (C=O) groups excluding carboxylic acids is 1. The fraction of sp³-hybridized carbons (Fsp3) is 0.500. The molecule has 0 aromatic heterocycles. The Morgan fingerprint density at radius 3 is 2.78 bits per heavy atom. The quantitative estimate of drug-likeness (QED) is 0.833. The van der Waals surface area contributed by atoms with Crippen molar-refractivity contribution in [3.05, 3.63) is 35.4 Å². The van der Waals surface area contributed by atoms with E-state index in [-0.39, 0.29) is 12.5 Å². The van der Waals surface area contributed by atoms with Crippen molar-refractivity contribution in [1.29, 1.82) is 0 Å². The van der Waals surface area contributed by atoms with Gasteiger partial charge in [0, 0.05) is 24.0 Å². The van der Waals surface area contributed by atoms with Crippen LogP contribution >= 0.6 is 11.6 Å². The molecule has 1 aliphatic carbocycles. The normalized spacial score (nSPS) is 15.2. The highest BCUT2D eigenvalue weighted by atomic mass is 35.5. The number of halogens is 1. The third-order valence-corrected chi connectivity index (χ3v) is 3.75. The molecule has 3 nitrogen and oxygen atoms in total. The maximum Gasteiger partial charge on any atom is 0.254 e. The Labute approximate surface area is 112 Å². The van der Waals surface area contributed by atoms with Crippen molar-refractivity contribution in [3.8, 4) is 0 Å². The second-order valence-electron chi connectivity index (χ2n) is 4.64. The van der Waals surface area contributed by atoms with Crippen LogP contribution in [-0.2, 0) is 5.88 Å². The summed E-state index contributed by atoms with van der Waals surface area (Å²) in [5.41, 5.74) is 1.61. The molecule has 1 N–H and O–H groups in total. The van der Waals surface area contributed by atoms with Crippen molar-refractivity contribution in [3.63, 3.8) is 0 Å². The smallest absolute Gasteiger partial charge is 0.254 e. The Morgan fingerprint density at radius 2 is 2.22 bits per heavy atom. The average molecular weight is 268 g/mol. The minimum atomic E-state index is 0.000664. The molecule has 1 amide bonds. The SMILES string of the molecule is O=C(c1cccc(CCl)c1)N(CCO)C1CCC1. The first kappa shape index (κ1) is 13.4. The topological polar surface area (TPSA) is 40.5 Å². The minimum absolute atomic E-state index is 0.000664. The van der Waals surface area contributed by atoms with Crippen LogP contribution in [-0.4, -0.2) is 35.1 Å². The maximum absolute atomic E-state index is 12.4. The van der Waals surface area contributed by atoms with Gasteiger partial charge in [0.05, 0.1) is 6.61 Å². The molecule has 18 heavy (non-hydrogen) atoms. The molecule has 4 heteroatoms. The predicted octanol–water partition coefficient (Wildman–Crippen LogP) is 2.41. The Kier molecular flexibility index (Phi) is 4.61. The van der Waals surface area contributed by atoms with Crippen molar-refractivity contribution in [2.75, 3.05) is 13.2 Å². The summed E-state index contributed by atoms with van der Waals surface area (Å²) in [7, 11) is 0. The summed E-state index contributed by atoms with van der Waals surface area (Å²) in [5.74, 6) is 0.408. The van der Waals surface area contributed by atoms with Crippen molar-refractivity contribution in [2.45, 2.75) is 31.2 Å². The largest absolute Gasteiger partial charge is 0.395 e. The molecule has 0 spiro atoms. The molecule has 1 saturated carbocycles. The number of amides is 1. The number of carbonyl (C=O) groups is 1. The van der Waals surface area contributed by atoms with E-state index in [4.69, 9.17) is 16.7 Å². The molecule has 1 aliphatic rings. The summed E-state index contributed by atoms with van der Waals surface area (Å²) in [6, 6.07) is 7.69. The van der Waals surface area contributed by atoms with Gasteiger partial charge in [-0.15, -0.1) is 11.6 Å². The van der Waals surface area contributed by atoms with Crippen LogP contribution in [0.2, 0.25) is 0 Å². The molecular weight excluding hydrogens is 250 g/mol. The maximum atomic E-state index is 12.4. The Morgan fingerprint density at radius 1 is 1.44 bits per heavy atom. The zero-order valence-electron chi connectivity index (χ0n) is 10.3. The zero-order valence-corrected chi connectivity index (χ0v) is 11.1. The van der Waals surface area contributed by atoms with Crippen LogP contribution in [0.15, 0.2) is 24.3 Å². The number of aliphatic hydroxyl groups excluding tert-OH is 1. The minimum Gasteiger partial charge on any atom is -0.395 e. The van der Waals surface area contributed by atoms with Crippen LogP contribution in [0, 0.1) is 0 Å². The highest BCUT2D eigenvalue weighted by Gasteiger charge is 2.28. The van der Waals surface area contributed by atoms with Crippen LogP contribution in [0.4, 0.5) is 0 Å². The lowest BCUT2D eigenvalue weighted by molar-refractivity contribution is 0.0525. The van der Waals surface area contributed by atoms with Gasteiger partial charge in [-0.2, -0.15) is 0 Å². The van der Waals surface area contributed by atoms with Gasteiger partial charge in [-0.1, -0.05) is 12.1 Å². The molecule has 1 fully saturated rings. The van der Waals surface area contributed by atoms with E-state index in [0.717, 1.165) is 18.4 Å². The lowest BCUT2D eigenvalue weighted by Crippen LogP contribution is -2.45. The Balaban J connectivity index is 2.15. The zero-order chi connectivity index (χ0) is 13.0. The predicted molar refractivity (Wildman–Crippen MR) is 71.8 cm³/mol. The second-order valence-corrected chi connectivity index (χ2v) is 4.91. The average Bonchev–Trinajstić information content (AvgIpc) is 2.35. The molecule has 1 aromatic carbocycles. The molecule has 0 unspecified atom stereocenters. The number of aliphatic hydroxyl groups is 1. The van der Waals surface area contributed by atoms with Crippen molar-refractivity contribution < 1.29 is 9.90 Å². The molecular formula is C14H18ClNO2. The van der Waals surface area contributed by atoms with Gasteiger partial charge in [0.15, 0.2) is 0 Å². The molecule has 98 valence electrons. The molecule has 2 rings (SSSR count). The van der Waals surface area contributed by atoms with Gasteiger partial charge in [0.1, 0.15) is 0 Å². The summed E-state index contributed by atoms with van der Waals surface area (Å²) in [6.45, 7) is 0.423. The first-order chi connectivity index (χ1) is 8.76. The molecule has 0 saturated heterocycles. The number of benzene rings is 1. The van der Waals surface area contributed by atoms with Gasteiger partial charge in [0.25, 0.3) is 5.91 Å². The van der Waals surface area contributed by atoms with E-state index in [0.29, 0.717) is 24.0 Å². The highest BCUT2D eigenvalue weighted by molar-refractivity contribution is 6.17. The standard InChI is InChI=1S/C14H18ClNO2/c15-10-11-3-1-4-12(9-11)14(18)16(7-8-17)13-5-2-6-13/h1,3-4,9,13,17H,2,5-8,10H2. The fourth-order valence-corrected chi connectivity index (χ4v) is 2.38. The molecule has 0 atom stereocenters. The van der Waals surface area contributed by atoms with Gasteiger partial charge in [-0.25, -0.2) is 0 Å². The van der Waals surface area contributed by atoms with Crippen LogP contribution in [0.25, 0.3) is 0 Å². The molecule has 0 bridgehead atoms. The van der Waals surface area contributed by atoms with Crippen molar-refractivity contribution in [1.82, 2.24) is 4.90 Å². The van der Waals surface area contributed by atoms with E-state index in [9.17, 15) is 4.79 Å². The molecule has 0 aliphatic heterocycles. The van der Waals surface area contributed by atoms with E-state index < -0.39 is 0 Å². The summed E-state index contributed by atoms with van der Waals surface area (Å²) < 4.78 is 0. The van der Waals surface area contributed by atoms with Crippen molar-refractivity contribution >= 4 is 17.5 Å². The fourth-order valence-electron chi connectivity index (χ4n) is 2.21. The number of hydrogen-bond donors (Lipinski definition) is 1. The van der Waals surface area contributed by atoms with E-state index in [1.165, 1.54) is 6.42 Å². The van der Waals surface area contributed by atoms with Gasteiger partial charge in [-0.3, -0.25) is 4.79 Å². The van der Waals surface area contributed by atoms with Crippen LogP contribution in [0.1, 0.15) is 35.2 Å². The lowest BCUT2D eigenvalue weighted by atomic mass is 9.91. The van der Waals surface area contributed by atoms with Gasteiger partial charge in [-0.05, 0) is 37.0 Å². The number of nitrogens with zero attached hydrogens (tertiary/aromatic N) is 1. The summed E-state index contributed by atoms with van der Waals surface area (Å²) >= 11 is 5.78. The van der Waals surface area contributed by atoms with E-state index >= 15 is 0 Å². The Bertz CT molecular complexity index is 418. The first-order valence-electron chi connectivity index (χ1n) is 6.33. The van der Waals surface area contributed by atoms with Crippen LogP contribution in [0.3, 0.4) is 0 Å². The number of rotatable bonds is 5. The number of alkyl halides is 1. The van der Waals surface area contributed by atoms with Gasteiger partial charge >= 0.3 is 0 Å². The number of hydrogen-bond acceptors (Lipinski definition) is 2. The van der Waals surface area contributed by atoms with Crippen molar-refractivity contribution in [2.24, 2.45) is 0 Å².